The van der Waals surface area contributed by atoms with Crippen LogP contribution >= 0.6 is 11.3 Å². The summed E-state index contributed by atoms with van der Waals surface area (Å²) >= 11 is 1.58. The fourth-order valence-electron chi connectivity index (χ4n) is 3.07. The molecule has 0 aromatic carbocycles. The number of rotatable bonds is 5. The number of pyridine rings is 1. The number of aromatic amines is 1. The average molecular weight is 345 g/mol. The molecule has 0 spiro atoms. The van der Waals surface area contributed by atoms with E-state index < -0.39 is 0 Å². The molecule has 1 saturated heterocycles. The number of hydrogen-bond acceptors (Lipinski definition) is 4. The molecular weight excluding hydrogens is 322 g/mol. The molecular formula is C18H23N3O2S. The number of hydrogen-bond donors (Lipinski definition) is 2. The fraction of sp³-hybridized carbons (Fsp3) is 0.444. The van der Waals surface area contributed by atoms with E-state index in [0.717, 1.165) is 23.7 Å². The van der Waals surface area contributed by atoms with Crippen LogP contribution in [0.4, 0.5) is 0 Å². The smallest absolute Gasteiger partial charge is 0.261 e. The van der Waals surface area contributed by atoms with Gasteiger partial charge in [-0.1, -0.05) is 12.5 Å². The lowest BCUT2D eigenvalue weighted by molar-refractivity contribution is 0.0949. The van der Waals surface area contributed by atoms with E-state index in [2.05, 4.69) is 22.1 Å². The molecule has 6 heteroatoms. The number of carbonyl (C=O) groups is 1. The second kappa shape index (κ2) is 7.77. The number of likely N-dealkylation sites (tertiary alicyclic amines) is 1. The van der Waals surface area contributed by atoms with Crippen LogP contribution in [0.1, 0.15) is 47.1 Å². The highest BCUT2D eigenvalue weighted by molar-refractivity contribution is 7.09. The van der Waals surface area contributed by atoms with Gasteiger partial charge in [-0.25, -0.2) is 0 Å². The normalized spacial score (nSPS) is 18.5. The SMILES string of the molecule is CC1CCCCN1Cc1ccc(C(=O)NCc2cccs2)c(=O)[nH]1. The molecule has 24 heavy (non-hydrogen) atoms. The van der Waals surface area contributed by atoms with Crippen molar-refractivity contribution in [3.63, 3.8) is 0 Å². The van der Waals surface area contributed by atoms with Crippen molar-refractivity contribution in [2.24, 2.45) is 0 Å². The predicted octanol–water partition coefficient (Wildman–Crippen LogP) is 2.74. The summed E-state index contributed by atoms with van der Waals surface area (Å²) in [4.78, 5) is 30.7. The Morgan fingerprint density at radius 2 is 2.25 bits per heavy atom. The van der Waals surface area contributed by atoms with Crippen molar-refractivity contribution in [3.8, 4) is 0 Å². The second-order valence-electron chi connectivity index (χ2n) is 6.30. The summed E-state index contributed by atoms with van der Waals surface area (Å²) in [5.74, 6) is -0.331. The Labute approximate surface area is 145 Å². The molecule has 0 saturated carbocycles. The van der Waals surface area contributed by atoms with E-state index in [0.29, 0.717) is 12.6 Å². The van der Waals surface area contributed by atoms with Crippen molar-refractivity contribution in [3.05, 3.63) is 56.1 Å². The van der Waals surface area contributed by atoms with Gasteiger partial charge in [0.05, 0.1) is 6.54 Å². The molecule has 2 N–H and O–H groups in total. The van der Waals surface area contributed by atoms with E-state index >= 15 is 0 Å². The third-order valence-corrected chi connectivity index (χ3v) is 5.41. The molecule has 0 bridgehead atoms. The molecule has 1 unspecified atom stereocenters. The van der Waals surface area contributed by atoms with Crippen LogP contribution in [-0.4, -0.2) is 28.4 Å². The summed E-state index contributed by atoms with van der Waals surface area (Å²) in [7, 11) is 0. The molecule has 2 aromatic heterocycles. The Bertz CT molecular complexity index is 739. The number of piperidine rings is 1. The summed E-state index contributed by atoms with van der Waals surface area (Å²) in [5.41, 5.74) is 0.714. The summed E-state index contributed by atoms with van der Waals surface area (Å²) < 4.78 is 0. The standard InChI is InChI=1S/C18H23N3O2S/c1-13-5-2-3-9-21(13)12-14-7-8-16(18(23)20-14)17(22)19-11-15-6-4-10-24-15/h4,6-8,10,13H,2-3,5,9,11-12H2,1H3,(H,19,22)(H,20,23). The van der Waals surface area contributed by atoms with Crippen molar-refractivity contribution in [1.82, 2.24) is 15.2 Å². The van der Waals surface area contributed by atoms with E-state index in [1.807, 2.05) is 23.6 Å². The summed E-state index contributed by atoms with van der Waals surface area (Å²) in [6.45, 7) is 4.46. The summed E-state index contributed by atoms with van der Waals surface area (Å²) in [5, 5.41) is 4.75. The Morgan fingerprint density at radius 3 is 2.96 bits per heavy atom. The minimum atomic E-state index is -0.331. The van der Waals surface area contributed by atoms with Crippen LogP contribution in [0.5, 0.6) is 0 Å². The van der Waals surface area contributed by atoms with Gasteiger partial charge in [-0.05, 0) is 49.9 Å². The molecule has 5 nitrogen and oxygen atoms in total. The molecule has 1 aliphatic rings. The number of nitrogens with one attached hydrogen (secondary N) is 2. The number of aromatic nitrogens is 1. The molecule has 128 valence electrons. The van der Waals surface area contributed by atoms with Gasteiger partial charge in [0.15, 0.2) is 0 Å². The van der Waals surface area contributed by atoms with Crippen molar-refractivity contribution >= 4 is 17.2 Å². The lowest BCUT2D eigenvalue weighted by Crippen LogP contribution is -2.37. The number of carbonyl (C=O) groups excluding carboxylic acids is 1. The highest BCUT2D eigenvalue weighted by atomic mass is 32.1. The maximum absolute atomic E-state index is 12.2. The van der Waals surface area contributed by atoms with Gasteiger partial charge in [-0.2, -0.15) is 0 Å². The predicted molar refractivity (Wildman–Crippen MR) is 96.3 cm³/mol. The quantitative estimate of drug-likeness (QED) is 0.876. The van der Waals surface area contributed by atoms with Crippen LogP contribution in [0.25, 0.3) is 0 Å². The molecule has 0 radical (unpaired) electrons. The van der Waals surface area contributed by atoms with Crippen molar-refractivity contribution in [1.29, 1.82) is 0 Å². The van der Waals surface area contributed by atoms with E-state index in [-0.39, 0.29) is 17.0 Å². The van der Waals surface area contributed by atoms with Crippen LogP contribution in [0.15, 0.2) is 34.4 Å². The maximum Gasteiger partial charge on any atom is 0.261 e. The number of H-pyrrole nitrogens is 1. The molecule has 1 atom stereocenters. The van der Waals surface area contributed by atoms with Gasteiger partial charge in [0.1, 0.15) is 5.56 Å². The van der Waals surface area contributed by atoms with Crippen LogP contribution in [-0.2, 0) is 13.1 Å². The molecule has 0 aliphatic carbocycles. The molecule has 1 fully saturated rings. The molecule has 1 aliphatic heterocycles. The minimum absolute atomic E-state index is 0.169. The first-order valence-corrected chi connectivity index (χ1v) is 9.28. The van der Waals surface area contributed by atoms with Crippen LogP contribution in [0, 0.1) is 0 Å². The Kier molecular flexibility index (Phi) is 5.48. The largest absolute Gasteiger partial charge is 0.347 e. The van der Waals surface area contributed by atoms with Gasteiger partial charge >= 0.3 is 0 Å². The average Bonchev–Trinajstić information content (AvgIpc) is 3.08. The monoisotopic (exact) mass is 345 g/mol. The minimum Gasteiger partial charge on any atom is -0.347 e. The third-order valence-electron chi connectivity index (χ3n) is 4.53. The topological polar surface area (TPSA) is 65.2 Å². The number of nitrogens with zero attached hydrogens (tertiary/aromatic N) is 1. The van der Waals surface area contributed by atoms with Crippen LogP contribution in [0.3, 0.4) is 0 Å². The van der Waals surface area contributed by atoms with Crippen molar-refractivity contribution in [2.45, 2.75) is 45.3 Å². The Balaban J connectivity index is 1.63. The third kappa shape index (κ3) is 4.13. The van der Waals surface area contributed by atoms with Crippen LogP contribution in [0.2, 0.25) is 0 Å². The second-order valence-corrected chi connectivity index (χ2v) is 7.34. The van der Waals surface area contributed by atoms with E-state index in [1.165, 1.54) is 19.3 Å². The summed E-state index contributed by atoms with van der Waals surface area (Å²) in [6.07, 6.45) is 3.68. The Hall–Kier alpha value is -1.92. The molecule has 3 rings (SSSR count). The van der Waals surface area contributed by atoms with Gasteiger partial charge in [-0.15, -0.1) is 11.3 Å². The number of amides is 1. The lowest BCUT2D eigenvalue weighted by atomic mass is 10.0. The first-order chi connectivity index (χ1) is 11.6. The highest BCUT2D eigenvalue weighted by Gasteiger charge is 2.19. The zero-order valence-corrected chi connectivity index (χ0v) is 14.7. The van der Waals surface area contributed by atoms with E-state index in [9.17, 15) is 9.59 Å². The lowest BCUT2D eigenvalue weighted by Gasteiger charge is -2.33. The van der Waals surface area contributed by atoms with Crippen molar-refractivity contribution in [2.75, 3.05) is 6.54 Å². The zero-order chi connectivity index (χ0) is 16.9. The first kappa shape index (κ1) is 16.9. The van der Waals surface area contributed by atoms with Gasteiger partial charge in [-0.3, -0.25) is 14.5 Å². The van der Waals surface area contributed by atoms with E-state index in [4.69, 9.17) is 0 Å². The van der Waals surface area contributed by atoms with E-state index in [1.54, 1.807) is 17.4 Å². The molecule has 2 aromatic rings. The van der Waals surface area contributed by atoms with Crippen LogP contribution < -0.4 is 10.9 Å². The Morgan fingerprint density at radius 1 is 1.38 bits per heavy atom. The fourth-order valence-corrected chi connectivity index (χ4v) is 3.72. The van der Waals surface area contributed by atoms with Gasteiger partial charge in [0.2, 0.25) is 0 Å². The van der Waals surface area contributed by atoms with Gasteiger partial charge in [0, 0.05) is 23.2 Å². The van der Waals surface area contributed by atoms with Gasteiger partial charge < -0.3 is 10.3 Å². The van der Waals surface area contributed by atoms with Gasteiger partial charge in [0.25, 0.3) is 11.5 Å². The van der Waals surface area contributed by atoms with Crippen molar-refractivity contribution < 1.29 is 4.79 Å². The molecule has 1 amide bonds. The summed E-state index contributed by atoms with van der Waals surface area (Å²) in [6, 6.07) is 7.92. The molecule has 3 heterocycles. The first-order valence-electron chi connectivity index (χ1n) is 8.40. The maximum atomic E-state index is 12.2. The zero-order valence-electron chi connectivity index (χ0n) is 13.9. The highest BCUT2D eigenvalue weighted by Crippen LogP contribution is 2.18. The number of thiophene rings is 1.